The highest BCUT2D eigenvalue weighted by Crippen LogP contribution is 2.33. The maximum absolute atomic E-state index is 12.2. The van der Waals surface area contributed by atoms with Crippen molar-refractivity contribution >= 4 is 27.3 Å². The zero-order valence-electron chi connectivity index (χ0n) is 9.56. The first-order chi connectivity index (χ1) is 7.98. The largest absolute Gasteiger partial charge is 0.329 e. The van der Waals surface area contributed by atoms with Crippen molar-refractivity contribution in [2.24, 2.45) is 5.73 Å². The lowest BCUT2D eigenvalue weighted by Gasteiger charge is -2.21. The van der Waals surface area contributed by atoms with Crippen LogP contribution in [0.3, 0.4) is 0 Å². The van der Waals surface area contributed by atoms with Crippen molar-refractivity contribution in [3.8, 4) is 0 Å². The first-order valence-electron chi connectivity index (χ1n) is 5.45. The quantitative estimate of drug-likeness (QED) is 0.889. The number of halogens is 1. The van der Waals surface area contributed by atoms with E-state index in [0.717, 1.165) is 5.56 Å². The van der Waals surface area contributed by atoms with Crippen LogP contribution in [0, 0.1) is 6.92 Å². The molecule has 1 aromatic rings. The van der Waals surface area contributed by atoms with Gasteiger partial charge in [0.05, 0.1) is 10.9 Å². The molecule has 2 N–H and O–H groups in total. The first-order valence-corrected chi connectivity index (χ1v) is 7.33. The van der Waals surface area contributed by atoms with Crippen LogP contribution in [0.5, 0.6) is 0 Å². The van der Waals surface area contributed by atoms with Crippen molar-refractivity contribution in [1.82, 2.24) is 0 Å². The molecule has 0 radical (unpaired) electrons. The Morgan fingerprint density at radius 1 is 1.53 bits per heavy atom. The monoisotopic (exact) mass is 274 g/mol. The molecule has 0 spiro atoms. The molecule has 1 atom stereocenters. The Hall–Kier alpha value is -0.780. The molecule has 1 aliphatic rings. The second-order valence-corrected chi connectivity index (χ2v) is 6.69. The van der Waals surface area contributed by atoms with Gasteiger partial charge in [0.15, 0.2) is 0 Å². The van der Waals surface area contributed by atoms with Crippen LogP contribution in [0.1, 0.15) is 12.0 Å². The van der Waals surface area contributed by atoms with Gasteiger partial charge >= 0.3 is 0 Å². The highest BCUT2D eigenvalue weighted by Gasteiger charge is 2.38. The third-order valence-corrected chi connectivity index (χ3v) is 5.83. The lowest BCUT2D eigenvalue weighted by atomic mass is 10.2. The number of rotatable bonds is 2. The molecule has 0 bridgehead atoms. The molecule has 6 heteroatoms. The standard InChI is InChI=1S/C11H15ClN2O2S/c1-8-10(12)3-2-4-11(8)14-6-5-9(7-13)17(14,15)16/h2-4,9H,5-7,13H2,1H3. The third kappa shape index (κ3) is 2.03. The van der Waals surface area contributed by atoms with Crippen LogP contribution in [0.4, 0.5) is 5.69 Å². The smallest absolute Gasteiger partial charge is 0.239 e. The molecule has 1 saturated heterocycles. The van der Waals surface area contributed by atoms with Gasteiger partial charge in [-0.2, -0.15) is 0 Å². The molecular formula is C11H15ClN2O2S. The number of hydrogen-bond acceptors (Lipinski definition) is 3. The summed E-state index contributed by atoms with van der Waals surface area (Å²) in [6.45, 7) is 2.47. The van der Waals surface area contributed by atoms with E-state index in [1.54, 1.807) is 18.2 Å². The average Bonchev–Trinajstić information content (AvgIpc) is 2.57. The molecule has 17 heavy (non-hydrogen) atoms. The summed E-state index contributed by atoms with van der Waals surface area (Å²) in [5.74, 6) is 0. The van der Waals surface area contributed by atoms with Crippen LogP contribution in [0.25, 0.3) is 0 Å². The Morgan fingerprint density at radius 3 is 2.82 bits per heavy atom. The second kappa shape index (κ2) is 4.48. The van der Waals surface area contributed by atoms with Crippen molar-refractivity contribution in [3.63, 3.8) is 0 Å². The summed E-state index contributed by atoms with van der Waals surface area (Å²) in [5.41, 5.74) is 6.93. The van der Waals surface area contributed by atoms with Crippen LogP contribution in [-0.4, -0.2) is 26.8 Å². The number of benzene rings is 1. The fourth-order valence-corrected chi connectivity index (χ4v) is 4.09. The molecule has 0 amide bonds. The maximum atomic E-state index is 12.2. The molecule has 1 aromatic carbocycles. The maximum Gasteiger partial charge on any atom is 0.239 e. The van der Waals surface area contributed by atoms with E-state index in [-0.39, 0.29) is 6.54 Å². The molecule has 1 unspecified atom stereocenters. The molecule has 0 aromatic heterocycles. The highest BCUT2D eigenvalue weighted by atomic mass is 35.5. The number of nitrogens with zero attached hydrogens (tertiary/aromatic N) is 1. The minimum absolute atomic E-state index is 0.165. The fourth-order valence-electron chi connectivity index (χ4n) is 2.08. The van der Waals surface area contributed by atoms with Gasteiger partial charge in [-0.3, -0.25) is 4.31 Å². The fraction of sp³-hybridized carbons (Fsp3) is 0.455. The van der Waals surface area contributed by atoms with E-state index in [1.165, 1.54) is 4.31 Å². The second-order valence-electron chi connectivity index (χ2n) is 4.15. The van der Waals surface area contributed by atoms with Crippen LogP contribution in [0.2, 0.25) is 5.02 Å². The summed E-state index contributed by atoms with van der Waals surface area (Å²) in [7, 11) is -3.32. The van der Waals surface area contributed by atoms with Crippen LogP contribution in [0.15, 0.2) is 18.2 Å². The number of nitrogens with two attached hydrogens (primary N) is 1. The topological polar surface area (TPSA) is 63.4 Å². The zero-order chi connectivity index (χ0) is 12.6. The van der Waals surface area contributed by atoms with Gasteiger partial charge < -0.3 is 5.73 Å². The van der Waals surface area contributed by atoms with Crippen LogP contribution in [-0.2, 0) is 10.0 Å². The van der Waals surface area contributed by atoms with Gasteiger partial charge in [0.25, 0.3) is 0 Å². The van der Waals surface area contributed by atoms with Crippen molar-refractivity contribution in [2.75, 3.05) is 17.4 Å². The summed E-state index contributed by atoms with van der Waals surface area (Å²) in [6.07, 6.45) is 0.574. The average molecular weight is 275 g/mol. The Bertz CT molecular complexity index is 530. The Kier molecular flexibility index (Phi) is 3.34. The zero-order valence-corrected chi connectivity index (χ0v) is 11.1. The molecule has 1 heterocycles. The van der Waals surface area contributed by atoms with Crippen molar-refractivity contribution in [2.45, 2.75) is 18.6 Å². The van der Waals surface area contributed by atoms with Gasteiger partial charge in [0.2, 0.25) is 10.0 Å². The minimum atomic E-state index is -3.32. The number of anilines is 1. The SMILES string of the molecule is Cc1c(Cl)cccc1N1CCC(CN)S1(=O)=O. The molecule has 94 valence electrons. The van der Waals surface area contributed by atoms with Gasteiger partial charge in [-0.25, -0.2) is 8.42 Å². The Labute approximate surface area is 106 Å². The van der Waals surface area contributed by atoms with Crippen LogP contribution < -0.4 is 10.0 Å². The molecule has 4 nitrogen and oxygen atoms in total. The van der Waals surface area contributed by atoms with E-state index >= 15 is 0 Å². The Balaban J connectivity index is 2.46. The van der Waals surface area contributed by atoms with Gasteiger partial charge in [-0.05, 0) is 31.0 Å². The van der Waals surface area contributed by atoms with Gasteiger partial charge in [-0.1, -0.05) is 17.7 Å². The van der Waals surface area contributed by atoms with E-state index in [4.69, 9.17) is 17.3 Å². The molecule has 2 rings (SSSR count). The normalized spacial score (nSPS) is 23.0. The molecular weight excluding hydrogens is 260 g/mol. The van der Waals surface area contributed by atoms with Gasteiger partial charge in [0.1, 0.15) is 0 Å². The molecule has 0 aliphatic carbocycles. The summed E-state index contributed by atoms with van der Waals surface area (Å²) in [6, 6.07) is 5.29. The van der Waals surface area contributed by atoms with Crippen molar-refractivity contribution in [1.29, 1.82) is 0 Å². The van der Waals surface area contributed by atoms with E-state index in [0.29, 0.717) is 23.7 Å². The van der Waals surface area contributed by atoms with Gasteiger partial charge in [0, 0.05) is 18.1 Å². The third-order valence-electron chi connectivity index (χ3n) is 3.15. The first kappa shape index (κ1) is 12.7. The van der Waals surface area contributed by atoms with E-state index < -0.39 is 15.3 Å². The minimum Gasteiger partial charge on any atom is -0.329 e. The van der Waals surface area contributed by atoms with Crippen LogP contribution >= 0.6 is 11.6 Å². The highest BCUT2D eigenvalue weighted by molar-refractivity contribution is 7.93. The summed E-state index contributed by atoms with van der Waals surface area (Å²) in [4.78, 5) is 0. The lowest BCUT2D eigenvalue weighted by Crippen LogP contribution is -2.33. The number of sulfonamides is 1. The van der Waals surface area contributed by atoms with E-state index in [2.05, 4.69) is 0 Å². The van der Waals surface area contributed by atoms with E-state index in [9.17, 15) is 8.42 Å². The van der Waals surface area contributed by atoms with Crippen molar-refractivity contribution < 1.29 is 8.42 Å². The molecule has 0 saturated carbocycles. The van der Waals surface area contributed by atoms with Gasteiger partial charge in [-0.15, -0.1) is 0 Å². The predicted molar refractivity (Wildman–Crippen MR) is 69.9 cm³/mol. The Morgan fingerprint density at radius 2 is 2.24 bits per heavy atom. The predicted octanol–water partition coefficient (Wildman–Crippen LogP) is 1.52. The molecule has 1 aliphatic heterocycles. The summed E-state index contributed by atoms with van der Waals surface area (Å²) < 4.78 is 25.8. The van der Waals surface area contributed by atoms with E-state index in [1.807, 2.05) is 6.92 Å². The lowest BCUT2D eigenvalue weighted by molar-refractivity contribution is 0.588. The number of hydrogen-bond donors (Lipinski definition) is 1. The summed E-state index contributed by atoms with van der Waals surface area (Å²) >= 11 is 6.01. The summed E-state index contributed by atoms with van der Waals surface area (Å²) in [5, 5.41) is 0.106. The van der Waals surface area contributed by atoms with Crippen molar-refractivity contribution in [3.05, 3.63) is 28.8 Å². The molecule has 1 fully saturated rings.